The van der Waals surface area contributed by atoms with E-state index in [0.29, 0.717) is 12.8 Å². The van der Waals surface area contributed by atoms with Gasteiger partial charge in [0.15, 0.2) is 0 Å². The van der Waals surface area contributed by atoms with Crippen LogP contribution in [0, 0.1) is 0 Å². The maximum absolute atomic E-state index is 12.8. The van der Waals surface area contributed by atoms with E-state index < -0.39 is 75.2 Å². The minimum absolute atomic E-state index is 0.243. The lowest BCUT2D eigenvalue weighted by Gasteiger charge is -2.41. The maximum Gasteiger partial charge on any atom is 0.472 e. The number of phosphoric ester groups is 1. The van der Waals surface area contributed by atoms with E-state index in [1.165, 1.54) is 70.3 Å². The first-order chi connectivity index (χ1) is 23.3. The van der Waals surface area contributed by atoms with Crippen molar-refractivity contribution in [2.75, 3.05) is 6.61 Å². The van der Waals surface area contributed by atoms with Gasteiger partial charge in [-0.1, -0.05) is 129 Å². The Labute approximate surface area is 293 Å². The fraction of sp³-hybridized carbons (Fsp3) is 0.914. The lowest BCUT2D eigenvalue weighted by atomic mass is 9.85. The zero-order chi connectivity index (χ0) is 36.7. The highest BCUT2D eigenvalue weighted by atomic mass is 31.2. The second-order valence-electron chi connectivity index (χ2n) is 13.6. The monoisotopic (exact) mass is 725 g/mol. The predicted molar refractivity (Wildman–Crippen MR) is 187 cm³/mol. The molecule has 1 aliphatic carbocycles. The fourth-order valence-electron chi connectivity index (χ4n) is 5.94. The molecule has 1 aliphatic rings. The van der Waals surface area contributed by atoms with Gasteiger partial charge in [0.2, 0.25) is 5.91 Å². The summed E-state index contributed by atoms with van der Waals surface area (Å²) in [5.41, 5.74) is 0. The number of nitrogens with one attached hydrogen (secondary N) is 1. The molecule has 1 rings (SSSR count). The van der Waals surface area contributed by atoms with E-state index in [1.54, 1.807) is 6.08 Å². The minimum atomic E-state index is -5.12. The van der Waals surface area contributed by atoms with Gasteiger partial charge in [-0.05, 0) is 19.3 Å². The molecule has 0 aromatic rings. The molecule has 290 valence electrons. The number of carbonyl (C=O) groups excluding carboxylic acids is 1. The van der Waals surface area contributed by atoms with Crippen molar-refractivity contribution in [2.24, 2.45) is 0 Å². The third kappa shape index (κ3) is 20.0. The molecule has 13 nitrogen and oxygen atoms in total. The summed E-state index contributed by atoms with van der Waals surface area (Å²) in [6, 6.07) is -1.23. The molecule has 0 heterocycles. The highest BCUT2D eigenvalue weighted by Gasteiger charge is 2.51. The number of rotatable bonds is 29. The summed E-state index contributed by atoms with van der Waals surface area (Å²) in [5, 5.41) is 73.8. The fourth-order valence-corrected chi connectivity index (χ4v) is 6.91. The second kappa shape index (κ2) is 26.8. The van der Waals surface area contributed by atoms with Crippen molar-refractivity contribution >= 4 is 13.7 Å². The number of unbranched alkanes of at least 4 members (excludes halogenated alkanes) is 16. The molecule has 0 aromatic heterocycles. The Kier molecular flexibility index (Phi) is 25.2. The molecule has 0 radical (unpaired) electrons. The van der Waals surface area contributed by atoms with Crippen molar-refractivity contribution in [3.63, 3.8) is 0 Å². The summed E-state index contributed by atoms with van der Waals surface area (Å²) >= 11 is 0. The number of hydrogen-bond acceptors (Lipinski definition) is 11. The first-order valence-electron chi connectivity index (χ1n) is 18.7. The van der Waals surface area contributed by atoms with Gasteiger partial charge in [-0.25, -0.2) is 4.57 Å². The van der Waals surface area contributed by atoms with Crippen LogP contribution in [0.5, 0.6) is 0 Å². The van der Waals surface area contributed by atoms with E-state index in [-0.39, 0.29) is 6.42 Å². The van der Waals surface area contributed by atoms with E-state index >= 15 is 0 Å². The molecule has 0 bridgehead atoms. The number of allylic oxidation sites excluding steroid dienone is 1. The predicted octanol–water partition coefficient (Wildman–Crippen LogP) is 3.91. The van der Waals surface area contributed by atoms with Crippen molar-refractivity contribution in [3.8, 4) is 0 Å². The maximum atomic E-state index is 12.8. The molecular formula is C35H68NO12P. The average Bonchev–Trinajstić information content (AvgIpc) is 3.06. The van der Waals surface area contributed by atoms with Gasteiger partial charge < -0.3 is 46.0 Å². The van der Waals surface area contributed by atoms with Crippen LogP contribution in [-0.4, -0.2) is 108 Å². The smallest absolute Gasteiger partial charge is 0.393 e. The Morgan fingerprint density at radius 1 is 0.714 bits per heavy atom. The van der Waals surface area contributed by atoms with Crippen molar-refractivity contribution in [3.05, 3.63) is 12.2 Å². The van der Waals surface area contributed by atoms with E-state index in [4.69, 9.17) is 9.05 Å². The Hall–Kier alpha value is -0.960. The molecule has 49 heavy (non-hydrogen) atoms. The van der Waals surface area contributed by atoms with Gasteiger partial charge in [0.1, 0.15) is 36.6 Å². The van der Waals surface area contributed by atoms with E-state index in [2.05, 4.69) is 19.2 Å². The van der Waals surface area contributed by atoms with Crippen LogP contribution in [-0.2, 0) is 18.4 Å². The average molecular weight is 726 g/mol. The molecule has 14 heteroatoms. The summed E-state index contributed by atoms with van der Waals surface area (Å²) in [4.78, 5) is 23.1. The molecule has 0 aliphatic heterocycles. The molecule has 1 fully saturated rings. The zero-order valence-corrected chi connectivity index (χ0v) is 30.8. The van der Waals surface area contributed by atoms with Gasteiger partial charge in [-0.15, -0.1) is 0 Å². The Bertz CT molecular complexity index is 911. The molecule has 0 aromatic carbocycles. The lowest BCUT2D eigenvalue weighted by molar-refractivity contribution is -0.220. The number of aliphatic hydroxyl groups excluding tert-OH is 7. The molecule has 0 saturated heterocycles. The number of amides is 1. The molecule has 8 atom stereocenters. The van der Waals surface area contributed by atoms with Gasteiger partial charge in [0, 0.05) is 0 Å². The third-order valence-electron chi connectivity index (χ3n) is 9.12. The van der Waals surface area contributed by atoms with Gasteiger partial charge in [0.25, 0.3) is 0 Å². The van der Waals surface area contributed by atoms with E-state index in [9.17, 15) is 50.0 Å². The lowest BCUT2D eigenvalue weighted by Crippen LogP contribution is -2.64. The highest BCUT2D eigenvalue weighted by Crippen LogP contribution is 2.47. The van der Waals surface area contributed by atoms with Gasteiger partial charge in [-0.3, -0.25) is 13.8 Å². The van der Waals surface area contributed by atoms with Crippen molar-refractivity contribution < 1.29 is 59.0 Å². The third-order valence-corrected chi connectivity index (χ3v) is 10.1. The highest BCUT2D eigenvalue weighted by molar-refractivity contribution is 7.47. The second-order valence-corrected chi connectivity index (χ2v) is 15.0. The molecular weight excluding hydrogens is 657 g/mol. The molecule has 0 spiro atoms. The van der Waals surface area contributed by atoms with Crippen LogP contribution < -0.4 is 5.32 Å². The van der Waals surface area contributed by atoms with Crippen molar-refractivity contribution in [2.45, 2.75) is 197 Å². The summed E-state index contributed by atoms with van der Waals surface area (Å²) < 4.78 is 22.7. The quantitative estimate of drug-likeness (QED) is 0.0304. The molecule has 8 unspecified atom stereocenters. The number of phosphoric acid groups is 1. The van der Waals surface area contributed by atoms with Crippen LogP contribution in [0.1, 0.15) is 142 Å². The van der Waals surface area contributed by atoms with Gasteiger partial charge in [-0.2, -0.15) is 0 Å². The minimum Gasteiger partial charge on any atom is -0.393 e. The summed E-state index contributed by atoms with van der Waals surface area (Å²) in [6.45, 7) is 3.63. The van der Waals surface area contributed by atoms with Crippen LogP contribution in [0.4, 0.5) is 0 Å². The van der Waals surface area contributed by atoms with E-state index in [1.807, 2.05) is 0 Å². The van der Waals surface area contributed by atoms with Crippen LogP contribution in [0.3, 0.4) is 0 Å². The number of aliphatic hydroxyl groups is 7. The molecule has 9 N–H and O–H groups in total. The largest absolute Gasteiger partial charge is 0.472 e. The Balaban J connectivity index is 2.70. The number of carbonyl (C=O) groups is 1. The first-order valence-corrected chi connectivity index (χ1v) is 20.2. The van der Waals surface area contributed by atoms with Crippen LogP contribution in [0.15, 0.2) is 12.2 Å². The van der Waals surface area contributed by atoms with Crippen LogP contribution >= 0.6 is 7.82 Å². The topological polar surface area (TPSA) is 226 Å². The van der Waals surface area contributed by atoms with Gasteiger partial charge >= 0.3 is 7.82 Å². The Morgan fingerprint density at radius 3 is 1.67 bits per heavy atom. The van der Waals surface area contributed by atoms with Gasteiger partial charge in [0.05, 0.1) is 31.3 Å². The molecule has 1 amide bonds. The van der Waals surface area contributed by atoms with Crippen LogP contribution in [0.25, 0.3) is 0 Å². The number of hydrogen-bond donors (Lipinski definition) is 9. The standard InChI is InChI=1S/C35H68NO12P/c1-3-5-7-9-11-12-13-14-15-17-19-21-23-28(38)27(36-29(39)24-26(37)22-20-18-16-10-8-6-4-2)25-47-49(45,46)48-35-33(43)31(41)30(40)32(42)34(35)44/h21,23,26-28,30-35,37-38,40-44H,3-20,22,24-25H2,1-2H3,(H,36,39)(H,45,46)/b23-21+. The SMILES string of the molecule is CCCCCCCCCCCC/C=C/C(O)C(COP(=O)(O)OC1C(O)C(O)C(O)C(O)C1O)NC(=O)CC(O)CCCCCCCCC. The van der Waals surface area contributed by atoms with Crippen LogP contribution in [0.2, 0.25) is 0 Å². The van der Waals surface area contributed by atoms with E-state index in [0.717, 1.165) is 44.9 Å². The normalized spacial score (nSPS) is 26.0. The Morgan fingerprint density at radius 2 is 1.16 bits per heavy atom. The summed E-state index contributed by atoms with van der Waals surface area (Å²) in [7, 11) is -5.12. The summed E-state index contributed by atoms with van der Waals surface area (Å²) in [6.07, 6.45) is 9.23. The van der Waals surface area contributed by atoms with Crippen molar-refractivity contribution in [1.29, 1.82) is 0 Å². The van der Waals surface area contributed by atoms with Crippen molar-refractivity contribution in [1.82, 2.24) is 5.32 Å². The molecule has 1 saturated carbocycles. The zero-order valence-electron chi connectivity index (χ0n) is 29.9. The summed E-state index contributed by atoms with van der Waals surface area (Å²) in [5.74, 6) is -0.599. The first kappa shape index (κ1) is 46.1.